The number of halogens is 1. The van der Waals surface area contributed by atoms with Gasteiger partial charge in [0, 0.05) is 19.2 Å². The number of amidine groups is 1. The van der Waals surface area contributed by atoms with Gasteiger partial charge in [-0.05, 0) is 12.3 Å². The topological polar surface area (TPSA) is 24.4 Å². The van der Waals surface area contributed by atoms with Gasteiger partial charge in [0.25, 0.3) is 0 Å². The number of benzene rings is 1. The van der Waals surface area contributed by atoms with Crippen LogP contribution < -0.4 is 5.32 Å². The maximum Gasteiger partial charge on any atom is 0.156 e. The summed E-state index contributed by atoms with van der Waals surface area (Å²) in [5, 5.41) is 3.86. The molecule has 1 N–H and O–H groups in total. The Balaban J connectivity index is 2.58. The van der Waals surface area contributed by atoms with Crippen LogP contribution in [0.15, 0.2) is 29.3 Å². The summed E-state index contributed by atoms with van der Waals surface area (Å²) in [5.41, 5.74) is 0.655. The molecule has 0 fully saturated rings. The van der Waals surface area contributed by atoms with Crippen LogP contribution in [0.1, 0.15) is 5.56 Å². The highest BCUT2D eigenvalue weighted by atomic mass is 32.2. The van der Waals surface area contributed by atoms with Crippen molar-refractivity contribution in [2.24, 2.45) is 4.99 Å². The number of aliphatic imine (C=N–C) groups is 1. The third kappa shape index (κ3) is 3.03. The van der Waals surface area contributed by atoms with Crippen LogP contribution >= 0.6 is 11.8 Å². The van der Waals surface area contributed by atoms with E-state index in [1.54, 1.807) is 19.2 Å². The van der Waals surface area contributed by atoms with Crippen molar-refractivity contribution in [2.75, 3.05) is 13.3 Å². The van der Waals surface area contributed by atoms with E-state index in [4.69, 9.17) is 0 Å². The molecule has 0 heterocycles. The second kappa shape index (κ2) is 5.65. The van der Waals surface area contributed by atoms with Crippen LogP contribution in [0, 0.1) is 5.82 Å². The summed E-state index contributed by atoms with van der Waals surface area (Å²) in [6, 6.07) is 6.72. The minimum Gasteiger partial charge on any atom is -0.361 e. The molecule has 1 rings (SSSR count). The molecule has 0 aliphatic heterocycles. The number of hydrogen-bond donors (Lipinski definition) is 1. The van der Waals surface area contributed by atoms with Gasteiger partial charge in [0.1, 0.15) is 5.82 Å². The van der Waals surface area contributed by atoms with E-state index in [0.29, 0.717) is 12.1 Å². The van der Waals surface area contributed by atoms with Crippen LogP contribution in [0.3, 0.4) is 0 Å². The standard InChI is InChI=1S/C10H13FN2S/c1-12-10(14-2)13-7-8-5-3-4-6-9(8)11/h3-6H,7H2,1-2H3,(H,12,13). The molecule has 0 saturated heterocycles. The number of rotatable bonds is 2. The predicted octanol–water partition coefficient (Wildman–Crippen LogP) is 2.26. The first-order valence-electron chi connectivity index (χ1n) is 4.26. The molecule has 2 nitrogen and oxygen atoms in total. The minimum absolute atomic E-state index is 0.184. The summed E-state index contributed by atoms with van der Waals surface area (Å²) in [6.07, 6.45) is 1.93. The zero-order chi connectivity index (χ0) is 10.4. The Morgan fingerprint density at radius 1 is 1.50 bits per heavy atom. The molecular weight excluding hydrogens is 199 g/mol. The van der Waals surface area contributed by atoms with Crippen molar-refractivity contribution in [2.45, 2.75) is 6.54 Å². The van der Waals surface area contributed by atoms with E-state index in [1.807, 2.05) is 12.3 Å². The smallest absolute Gasteiger partial charge is 0.156 e. The third-order valence-electron chi connectivity index (χ3n) is 1.78. The summed E-state index contributed by atoms with van der Waals surface area (Å²) in [5.74, 6) is -0.184. The first-order chi connectivity index (χ1) is 6.77. The number of nitrogens with zero attached hydrogens (tertiary/aromatic N) is 1. The van der Waals surface area contributed by atoms with E-state index >= 15 is 0 Å². The zero-order valence-corrected chi connectivity index (χ0v) is 9.07. The summed E-state index contributed by atoms with van der Waals surface area (Å²) in [4.78, 5) is 4.00. The zero-order valence-electron chi connectivity index (χ0n) is 8.25. The van der Waals surface area contributed by atoms with Crippen molar-refractivity contribution in [3.63, 3.8) is 0 Å². The van der Waals surface area contributed by atoms with E-state index < -0.39 is 0 Å². The molecule has 0 spiro atoms. The monoisotopic (exact) mass is 212 g/mol. The molecule has 0 aliphatic rings. The van der Waals surface area contributed by atoms with Gasteiger partial charge >= 0.3 is 0 Å². The fraction of sp³-hybridized carbons (Fsp3) is 0.300. The summed E-state index contributed by atoms with van der Waals surface area (Å²) in [6.45, 7) is 0.472. The van der Waals surface area contributed by atoms with Crippen LogP contribution in [0.5, 0.6) is 0 Å². The second-order valence-corrected chi connectivity index (χ2v) is 3.47. The van der Waals surface area contributed by atoms with E-state index in [2.05, 4.69) is 10.3 Å². The van der Waals surface area contributed by atoms with Gasteiger partial charge in [0.2, 0.25) is 0 Å². The fourth-order valence-corrected chi connectivity index (χ4v) is 1.45. The Labute approximate surface area is 87.6 Å². The molecule has 0 amide bonds. The highest BCUT2D eigenvalue weighted by molar-refractivity contribution is 8.13. The molecule has 76 valence electrons. The van der Waals surface area contributed by atoms with Gasteiger partial charge in [-0.2, -0.15) is 0 Å². The second-order valence-electron chi connectivity index (χ2n) is 2.68. The third-order valence-corrected chi connectivity index (χ3v) is 2.50. The fourth-order valence-electron chi connectivity index (χ4n) is 1.06. The average Bonchev–Trinajstić information content (AvgIpc) is 2.22. The van der Waals surface area contributed by atoms with Gasteiger partial charge in [0.05, 0.1) is 0 Å². The van der Waals surface area contributed by atoms with Crippen molar-refractivity contribution in [1.29, 1.82) is 0 Å². The number of thioether (sulfide) groups is 1. The molecule has 14 heavy (non-hydrogen) atoms. The quantitative estimate of drug-likeness (QED) is 0.600. The Kier molecular flexibility index (Phi) is 4.46. The van der Waals surface area contributed by atoms with Crippen molar-refractivity contribution >= 4 is 16.9 Å². The summed E-state index contributed by atoms with van der Waals surface area (Å²) in [7, 11) is 1.71. The van der Waals surface area contributed by atoms with Crippen LogP contribution in [-0.2, 0) is 6.54 Å². The highest BCUT2D eigenvalue weighted by Gasteiger charge is 2.00. The molecule has 0 unspecified atom stereocenters. The minimum atomic E-state index is -0.184. The maximum absolute atomic E-state index is 13.2. The molecule has 0 atom stereocenters. The van der Waals surface area contributed by atoms with Crippen LogP contribution in [0.4, 0.5) is 4.39 Å². The molecule has 0 saturated carbocycles. The molecule has 0 bridgehead atoms. The van der Waals surface area contributed by atoms with Crippen molar-refractivity contribution < 1.29 is 4.39 Å². The van der Waals surface area contributed by atoms with Crippen molar-refractivity contribution in [3.05, 3.63) is 35.6 Å². The largest absolute Gasteiger partial charge is 0.361 e. The Bertz CT molecular complexity index is 326. The molecule has 0 radical (unpaired) electrons. The van der Waals surface area contributed by atoms with Gasteiger partial charge < -0.3 is 5.32 Å². The lowest BCUT2D eigenvalue weighted by Crippen LogP contribution is -2.20. The molecule has 1 aromatic rings. The summed E-state index contributed by atoms with van der Waals surface area (Å²) >= 11 is 1.51. The van der Waals surface area contributed by atoms with Gasteiger partial charge in [-0.1, -0.05) is 30.0 Å². The SMILES string of the molecule is CN=C(NCc1ccccc1F)SC. The molecular formula is C10H13FN2S. The Morgan fingerprint density at radius 3 is 2.79 bits per heavy atom. The lowest BCUT2D eigenvalue weighted by atomic mass is 10.2. The Hall–Kier alpha value is -1.03. The highest BCUT2D eigenvalue weighted by Crippen LogP contribution is 2.06. The van der Waals surface area contributed by atoms with E-state index in [9.17, 15) is 4.39 Å². The molecule has 4 heteroatoms. The maximum atomic E-state index is 13.2. The summed E-state index contributed by atoms with van der Waals surface area (Å²) < 4.78 is 13.2. The van der Waals surface area contributed by atoms with Crippen molar-refractivity contribution in [1.82, 2.24) is 5.32 Å². The average molecular weight is 212 g/mol. The van der Waals surface area contributed by atoms with Crippen LogP contribution in [0.2, 0.25) is 0 Å². The van der Waals surface area contributed by atoms with Gasteiger partial charge in [-0.15, -0.1) is 0 Å². The van der Waals surface area contributed by atoms with Crippen molar-refractivity contribution in [3.8, 4) is 0 Å². The lowest BCUT2D eigenvalue weighted by molar-refractivity contribution is 0.606. The van der Waals surface area contributed by atoms with Gasteiger partial charge in [-0.25, -0.2) is 4.39 Å². The molecule has 1 aromatic carbocycles. The van der Waals surface area contributed by atoms with Gasteiger partial charge in [0.15, 0.2) is 5.17 Å². The van der Waals surface area contributed by atoms with E-state index in [0.717, 1.165) is 5.17 Å². The lowest BCUT2D eigenvalue weighted by Gasteiger charge is -2.07. The molecule has 0 aliphatic carbocycles. The van der Waals surface area contributed by atoms with Crippen LogP contribution in [0.25, 0.3) is 0 Å². The normalized spacial score (nSPS) is 11.5. The van der Waals surface area contributed by atoms with E-state index in [-0.39, 0.29) is 5.82 Å². The first kappa shape index (κ1) is 11.0. The van der Waals surface area contributed by atoms with Gasteiger partial charge in [-0.3, -0.25) is 4.99 Å². The molecule has 0 aromatic heterocycles. The number of hydrogen-bond acceptors (Lipinski definition) is 2. The van der Waals surface area contributed by atoms with Crippen LogP contribution in [-0.4, -0.2) is 18.5 Å². The van der Waals surface area contributed by atoms with E-state index in [1.165, 1.54) is 17.8 Å². The number of nitrogens with one attached hydrogen (secondary N) is 1. The predicted molar refractivity (Wildman–Crippen MR) is 60.1 cm³/mol. The first-order valence-corrected chi connectivity index (χ1v) is 5.48. The Morgan fingerprint density at radius 2 is 2.21 bits per heavy atom.